The van der Waals surface area contributed by atoms with E-state index < -0.39 is 11.0 Å². The van der Waals surface area contributed by atoms with Crippen molar-refractivity contribution in [3.8, 4) is 0 Å². The lowest BCUT2D eigenvalue weighted by Crippen LogP contribution is -2.55. The van der Waals surface area contributed by atoms with Crippen LogP contribution in [0.15, 0.2) is 97.2 Å². The molecule has 1 N–H and O–H groups in total. The summed E-state index contributed by atoms with van der Waals surface area (Å²) in [7, 11) is 0. The van der Waals surface area contributed by atoms with E-state index in [-0.39, 0.29) is 23.9 Å². The standard InChI is InChI=1S/C35H33NO3/c1-24-26(11-8-18-36-24)20-32(37)28-15-17-31-27(19-28)14-16-30-22-35(39,29-12-6-3-7-13-29)33(38)23-34(30,31)21-25-9-4-2-5-10-25/h2-13,15,17-19,30,39H,14,16,20-23H2,1H3/t30-,34-,35-/m1/s1. The van der Waals surface area contributed by atoms with Crippen LogP contribution in [0.25, 0.3) is 0 Å². The maximum Gasteiger partial charge on any atom is 0.169 e. The summed E-state index contributed by atoms with van der Waals surface area (Å²) < 4.78 is 0. The number of hydrogen-bond donors (Lipinski definition) is 1. The van der Waals surface area contributed by atoms with Gasteiger partial charge in [0.1, 0.15) is 5.60 Å². The lowest BCUT2D eigenvalue weighted by molar-refractivity contribution is -0.150. The van der Waals surface area contributed by atoms with Gasteiger partial charge < -0.3 is 5.11 Å². The van der Waals surface area contributed by atoms with Crippen molar-refractivity contribution < 1.29 is 14.7 Å². The van der Waals surface area contributed by atoms with Gasteiger partial charge in [-0.3, -0.25) is 14.6 Å². The quantitative estimate of drug-likeness (QED) is 0.315. The van der Waals surface area contributed by atoms with Crippen LogP contribution >= 0.6 is 0 Å². The lowest BCUT2D eigenvalue weighted by Gasteiger charge is -2.52. The van der Waals surface area contributed by atoms with Crippen molar-refractivity contribution in [1.29, 1.82) is 0 Å². The molecule has 0 aliphatic heterocycles. The number of carbonyl (C=O) groups is 2. The summed E-state index contributed by atoms with van der Waals surface area (Å²) in [5.41, 5.74) is 4.79. The first-order chi connectivity index (χ1) is 18.9. The monoisotopic (exact) mass is 515 g/mol. The Hall–Kier alpha value is -3.89. The van der Waals surface area contributed by atoms with E-state index in [9.17, 15) is 14.7 Å². The van der Waals surface area contributed by atoms with E-state index in [1.165, 1.54) is 5.56 Å². The number of hydrogen-bond acceptors (Lipinski definition) is 4. The van der Waals surface area contributed by atoms with Gasteiger partial charge in [-0.1, -0.05) is 78.9 Å². The highest BCUT2D eigenvalue weighted by Crippen LogP contribution is 2.55. The second kappa shape index (κ2) is 10.0. The molecule has 6 rings (SSSR count). The van der Waals surface area contributed by atoms with Gasteiger partial charge in [-0.05, 0) is 78.5 Å². The molecule has 0 saturated heterocycles. The summed E-state index contributed by atoms with van der Waals surface area (Å²) in [6, 6.07) is 29.6. The van der Waals surface area contributed by atoms with Crippen molar-refractivity contribution in [3.05, 3.63) is 136 Å². The van der Waals surface area contributed by atoms with E-state index in [0.717, 1.165) is 41.6 Å². The third-order valence-corrected chi connectivity index (χ3v) is 9.07. The van der Waals surface area contributed by atoms with Gasteiger partial charge in [-0.15, -0.1) is 0 Å². The zero-order chi connectivity index (χ0) is 27.0. The second-order valence-corrected chi connectivity index (χ2v) is 11.3. The number of rotatable bonds is 6. The zero-order valence-corrected chi connectivity index (χ0v) is 22.3. The highest BCUT2D eigenvalue weighted by molar-refractivity contribution is 5.98. The highest BCUT2D eigenvalue weighted by atomic mass is 16.3. The molecule has 1 fully saturated rings. The van der Waals surface area contributed by atoms with Crippen LogP contribution in [0.3, 0.4) is 0 Å². The summed E-state index contributed by atoms with van der Waals surface area (Å²) in [6.07, 6.45) is 5.15. The molecule has 39 heavy (non-hydrogen) atoms. The number of carbonyl (C=O) groups excluding carboxylic acids is 2. The van der Waals surface area contributed by atoms with Crippen molar-refractivity contribution in [2.75, 3.05) is 0 Å². The molecular weight excluding hydrogens is 482 g/mol. The van der Waals surface area contributed by atoms with Gasteiger partial charge in [0.25, 0.3) is 0 Å². The fraction of sp³-hybridized carbons (Fsp3) is 0.286. The molecule has 4 heteroatoms. The largest absolute Gasteiger partial charge is 0.377 e. The Bertz CT molecular complexity index is 1530. The Balaban J connectivity index is 1.39. The number of Topliss-reactive ketones (excluding diaryl/α,β-unsaturated/α-hetero) is 2. The third-order valence-electron chi connectivity index (χ3n) is 9.07. The van der Waals surface area contributed by atoms with Crippen LogP contribution in [0.1, 0.15) is 63.1 Å². The Morgan fingerprint density at radius 2 is 1.72 bits per heavy atom. The number of ketones is 2. The molecule has 196 valence electrons. The van der Waals surface area contributed by atoms with Crippen molar-refractivity contribution >= 4 is 11.6 Å². The first-order valence-electron chi connectivity index (χ1n) is 13.8. The average molecular weight is 516 g/mol. The van der Waals surface area contributed by atoms with E-state index in [1.807, 2.05) is 73.7 Å². The van der Waals surface area contributed by atoms with Gasteiger partial charge in [0.05, 0.1) is 0 Å². The summed E-state index contributed by atoms with van der Waals surface area (Å²) in [5, 5.41) is 11.8. The summed E-state index contributed by atoms with van der Waals surface area (Å²) in [5.74, 6) is 0.0833. The summed E-state index contributed by atoms with van der Waals surface area (Å²) in [6.45, 7) is 1.93. The Kier molecular flexibility index (Phi) is 6.52. The van der Waals surface area contributed by atoms with Crippen LogP contribution in [0.5, 0.6) is 0 Å². The molecule has 2 aliphatic rings. The van der Waals surface area contributed by atoms with Crippen molar-refractivity contribution in [2.24, 2.45) is 5.92 Å². The molecule has 0 spiro atoms. The molecule has 0 radical (unpaired) electrons. The minimum Gasteiger partial charge on any atom is -0.377 e. The molecular formula is C35H33NO3. The Morgan fingerprint density at radius 1 is 0.974 bits per heavy atom. The first kappa shape index (κ1) is 25.4. The topological polar surface area (TPSA) is 67.3 Å². The van der Waals surface area contributed by atoms with E-state index >= 15 is 0 Å². The van der Waals surface area contributed by atoms with Gasteiger partial charge in [-0.25, -0.2) is 0 Å². The fourth-order valence-corrected chi connectivity index (χ4v) is 6.96. The number of fused-ring (bicyclic) bond motifs is 3. The number of benzene rings is 3. The molecule has 0 amide bonds. The fourth-order valence-electron chi connectivity index (χ4n) is 6.96. The van der Waals surface area contributed by atoms with E-state index in [4.69, 9.17) is 0 Å². The lowest BCUT2D eigenvalue weighted by atomic mass is 9.51. The molecule has 2 aliphatic carbocycles. The maximum atomic E-state index is 13.9. The number of pyridine rings is 1. The first-order valence-corrected chi connectivity index (χ1v) is 13.8. The predicted molar refractivity (Wildman–Crippen MR) is 152 cm³/mol. The molecule has 3 atom stereocenters. The van der Waals surface area contributed by atoms with Crippen molar-refractivity contribution in [1.82, 2.24) is 4.98 Å². The minimum absolute atomic E-state index is 0.0753. The molecule has 1 aromatic heterocycles. The number of aryl methyl sites for hydroxylation is 2. The van der Waals surface area contributed by atoms with Crippen LogP contribution in [0.4, 0.5) is 0 Å². The number of aromatic nitrogens is 1. The van der Waals surface area contributed by atoms with Crippen LogP contribution in [-0.4, -0.2) is 21.7 Å². The normalized spacial score (nSPS) is 24.1. The molecule has 0 unspecified atom stereocenters. The maximum absolute atomic E-state index is 13.9. The molecule has 4 aromatic rings. The van der Waals surface area contributed by atoms with Gasteiger partial charge in [0.15, 0.2) is 11.6 Å². The Labute approximate surface area is 229 Å². The molecule has 3 aromatic carbocycles. The predicted octanol–water partition coefficient (Wildman–Crippen LogP) is 6.11. The molecule has 1 saturated carbocycles. The molecule has 4 nitrogen and oxygen atoms in total. The van der Waals surface area contributed by atoms with Gasteiger partial charge in [-0.2, -0.15) is 0 Å². The molecule has 0 bridgehead atoms. The Morgan fingerprint density at radius 3 is 2.46 bits per heavy atom. The van der Waals surface area contributed by atoms with Crippen LogP contribution in [0, 0.1) is 12.8 Å². The third kappa shape index (κ3) is 4.53. The van der Waals surface area contributed by atoms with E-state index in [2.05, 4.69) is 29.2 Å². The van der Waals surface area contributed by atoms with Crippen LogP contribution in [0.2, 0.25) is 0 Å². The number of aliphatic hydroxyl groups is 1. The SMILES string of the molecule is Cc1ncccc1CC(=O)c1ccc2c(c1)CC[C@@H]1C[C@@](O)(c3ccccc3)C(=O)C[C@@]21Cc1ccccc1. The molecule has 1 heterocycles. The summed E-state index contributed by atoms with van der Waals surface area (Å²) in [4.78, 5) is 31.5. The van der Waals surface area contributed by atoms with Crippen LogP contribution < -0.4 is 0 Å². The van der Waals surface area contributed by atoms with Gasteiger partial charge in [0.2, 0.25) is 0 Å². The zero-order valence-electron chi connectivity index (χ0n) is 22.3. The van der Waals surface area contributed by atoms with E-state index in [1.54, 1.807) is 6.20 Å². The highest BCUT2D eigenvalue weighted by Gasteiger charge is 2.56. The second-order valence-electron chi connectivity index (χ2n) is 11.3. The van der Waals surface area contributed by atoms with Gasteiger partial charge >= 0.3 is 0 Å². The van der Waals surface area contributed by atoms with E-state index in [0.29, 0.717) is 24.0 Å². The van der Waals surface area contributed by atoms with Crippen LogP contribution in [-0.2, 0) is 35.1 Å². The average Bonchev–Trinajstić information content (AvgIpc) is 2.96. The van der Waals surface area contributed by atoms with Crippen molar-refractivity contribution in [3.63, 3.8) is 0 Å². The summed E-state index contributed by atoms with van der Waals surface area (Å²) >= 11 is 0. The van der Waals surface area contributed by atoms with Gasteiger partial charge in [0, 0.05) is 35.7 Å². The number of nitrogens with zero attached hydrogens (tertiary/aromatic N) is 1. The van der Waals surface area contributed by atoms with Crippen molar-refractivity contribution in [2.45, 2.75) is 56.5 Å². The minimum atomic E-state index is -1.47. The smallest absolute Gasteiger partial charge is 0.169 e.